The Morgan fingerprint density at radius 3 is 2.66 bits per heavy atom. The van der Waals surface area contributed by atoms with Gasteiger partial charge in [-0.05, 0) is 37.3 Å². The number of benzene rings is 2. The second-order valence-corrected chi connectivity index (χ2v) is 5.91. The number of aromatic amines is 1. The highest BCUT2D eigenvalue weighted by Gasteiger charge is 2.14. The van der Waals surface area contributed by atoms with E-state index < -0.39 is 22.3 Å². The van der Waals surface area contributed by atoms with Crippen molar-refractivity contribution in [2.75, 3.05) is 5.32 Å². The quantitative estimate of drug-likeness (QED) is 0.268. The summed E-state index contributed by atoms with van der Waals surface area (Å²) in [6.45, 7) is 1.59. The van der Waals surface area contributed by atoms with Gasteiger partial charge in [0.2, 0.25) is 0 Å². The summed E-state index contributed by atoms with van der Waals surface area (Å²) in [4.78, 5) is 38.2. The Labute approximate surface area is 162 Å². The van der Waals surface area contributed by atoms with Gasteiger partial charge in [0.25, 0.3) is 11.2 Å². The molecule has 0 aliphatic rings. The summed E-state index contributed by atoms with van der Waals surface area (Å²) >= 11 is 0. The lowest BCUT2D eigenvalue weighted by Gasteiger charge is -2.04. The number of nitro benzene ring substituents is 1. The third kappa shape index (κ3) is 4.18. The molecule has 1 heterocycles. The molecule has 3 aromatic rings. The zero-order chi connectivity index (χ0) is 21.1. The summed E-state index contributed by atoms with van der Waals surface area (Å²) in [5.41, 5.74) is -0.141. The maximum Gasteiger partial charge on any atom is 0.345 e. The zero-order valence-electron chi connectivity index (χ0n) is 14.9. The van der Waals surface area contributed by atoms with Crippen LogP contribution in [0, 0.1) is 22.9 Å². The Balaban J connectivity index is 1.82. The van der Waals surface area contributed by atoms with Gasteiger partial charge in [-0.15, -0.1) is 0 Å². The molecule has 0 unspecified atom stereocenters. The second-order valence-electron chi connectivity index (χ2n) is 5.91. The van der Waals surface area contributed by atoms with Gasteiger partial charge in [-0.3, -0.25) is 20.0 Å². The molecule has 0 aliphatic carbocycles. The number of urea groups is 1. The number of nitrogens with zero attached hydrogens (tertiary/aromatic N) is 3. The number of aromatic nitrogens is 2. The first-order valence-corrected chi connectivity index (χ1v) is 8.16. The van der Waals surface area contributed by atoms with E-state index in [1.54, 1.807) is 6.92 Å². The minimum absolute atomic E-state index is 0.0905. The molecule has 2 aromatic carbocycles. The molecular formula is C18H14FN5O5. The predicted molar refractivity (Wildman–Crippen MR) is 102 cm³/mol. The Morgan fingerprint density at radius 2 is 2.00 bits per heavy atom. The maximum absolute atomic E-state index is 13.1. The summed E-state index contributed by atoms with van der Waals surface area (Å²) in [6.07, 6.45) is 1.03. The average Bonchev–Trinajstić information content (AvgIpc) is 2.96. The SMILES string of the molecule is Cc1[nH]n(-c2ccc(F)cc2)c(=O)c1/C=N/C(=O)Nc1cc([N+](=O)[O-])ccc1O. The molecule has 1 aromatic heterocycles. The predicted octanol–water partition coefficient (Wildman–Crippen LogP) is 2.88. The van der Waals surface area contributed by atoms with Crippen LogP contribution in [0.2, 0.25) is 0 Å². The van der Waals surface area contributed by atoms with Gasteiger partial charge in [0.1, 0.15) is 11.6 Å². The minimum atomic E-state index is -0.950. The van der Waals surface area contributed by atoms with E-state index in [0.717, 1.165) is 24.4 Å². The van der Waals surface area contributed by atoms with Crippen molar-refractivity contribution in [3.63, 3.8) is 0 Å². The molecule has 2 amide bonds. The van der Waals surface area contributed by atoms with E-state index >= 15 is 0 Å². The van der Waals surface area contributed by atoms with Gasteiger partial charge in [0.05, 0.1) is 21.9 Å². The lowest BCUT2D eigenvalue weighted by Crippen LogP contribution is -2.17. The van der Waals surface area contributed by atoms with Crippen LogP contribution in [0.1, 0.15) is 11.3 Å². The Bertz CT molecular complexity index is 1180. The van der Waals surface area contributed by atoms with Crippen molar-refractivity contribution in [2.24, 2.45) is 4.99 Å². The Hall–Kier alpha value is -4.28. The largest absolute Gasteiger partial charge is 0.506 e. The highest BCUT2D eigenvalue weighted by molar-refractivity contribution is 5.99. The summed E-state index contributed by atoms with van der Waals surface area (Å²) in [6, 6.07) is 7.39. The molecule has 3 N–H and O–H groups in total. The zero-order valence-corrected chi connectivity index (χ0v) is 14.9. The number of aliphatic imine (C=N–C) groups is 1. The molecule has 29 heavy (non-hydrogen) atoms. The number of aromatic hydroxyl groups is 1. The lowest BCUT2D eigenvalue weighted by atomic mass is 10.2. The van der Waals surface area contributed by atoms with E-state index in [1.165, 1.54) is 28.9 Å². The standard InChI is InChI=1S/C18H14FN5O5/c1-10-14(17(26)23(22-10)12-4-2-11(19)3-5-12)9-20-18(27)21-15-8-13(24(28)29)6-7-16(15)25/h2-9,22,25H,1H3,(H,21,27)/b20-9+. The van der Waals surface area contributed by atoms with Gasteiger partial charge in [-0.25, -0.2) is 18.9 Å². The molecule has 0 radical (unpaired) electrons. The third-order valence-corrected chi connectivity index (χ3v) is 3.95. The number of non-ortho nitro benzene ring substituents is 1. The number of nitrogens with one attached hydrogen (secondary N) is 2. The van der Waals surface area contributed by atoms with Gasteiger partial charge >= 0.3 is 6.03 Å². The fraction of sp³-hybridized carbons (Fsp3) is 0.0556. The van der Waals surface area contributed by atoms with Crippen LogP contribution < -0.4 is 10.9 Å². The first-order valence-electron chi connectivity index (χ1n) is 8.16. The second kappa shape index (κ2) is 7.76. The molecule has 11 heteroatoms. The maximum atomic E-state index is 13.1. The van der Waals surface area contributed by atoms with Crippen LogP contribution in [0.5, 0.6) is 5.75 Å². The number of anilines is 1. The number of hydrogen-bond acceptors (Lipinski definition) is 5. The molecule has 0 bridgehead atoms. The molecule has 148 valence electrons. The van der Waals surface area contributed by atoms with E-state index in [-0.39, 0.29) is 22.7 Å². The topological polar surface area (TPSA) is 143 Å². The molecule has 10 nitrogen and oxygen atoms in total. The lowest BCUT2D eigenvalue weighted by molar-refractivity contribution is -0.384. The van der Waals surface area contributed by atoms with Crippen LogP contribution >= 0.6 is 0 Å². The summed E-state index contributed by atoms with van der Waals surface area (Å²) in [7, 11) is 0. The van der Waals surface area contributed by atoms with Crippen LogP contribution in [0.25, 0.3) is 5.69 Å². The van der Waals surface area contributed by atoms with Gasteiger partial charge < -0.3 is 10.4 Å². The number of H-pyrrole nitrogens is 1. The molecule has 0 spiro atoms. The van der Waals surface area contributed by atoms with Crippen LogP contribution in [0.15, 0.2) is 52.3 Å². The number of aryl methyl sites for hydroxylation is 1. The molecule has 3 rings (SSSR count). The smallest absolute Gasteiger partial charge is 0.345 e. The van der Waals surface area contributed by atoms with Crippen molar-refractivity contribution in [3.05, 3.63) is 80.0 Å². The van der Waals surface area contributed by atoms with Crippen molar-refractivity contribution in [1.29, 1.82) is 0 Å². The van der Waals surface area contributed by atoms with Gasteiger partial charge in [0, 0.05) is 24.0 Å². The van der Waals surface area contributed by atoms with Crippen molar-refractivity contribution >= 4 is 23.6 Å². The van der Waals surface area contributed by atoms with E-state index in [2.05, 4.69) is 15.4 Å². The molecule has 0 fully saturated rings. The summed E-state index contributed by atoms with van der Waals surface area (Å²) < 4.78 is 14.2. The van der Waals surface area contributed by atoms with Gasteiger partial charge in [-0.2, -0.15) is 0 Å². The number of carbonyl (C=O) groups excluding carboxylic acids is 1. The monoisotopic (exact) mass is 399 g/mol. The van der Waals surface area contributed by atoms with Gasteiger partial charge in [0.15, 0.2) is 0 Å². The number of nitro groups is 1. The number of amides is 2. The number of carbonyl (C=O) groups is 1. The average molecular weight is 399 g/mol. The van der Waals surface area contributed by atoms with Crippen molar-refractivity contribution < 1.29 is 19.2 Å². The van der Waals surface area contributed by atoms with Crippen LogP contribution in [-0.2, 0) is 0 Å². The highest BCUT2D eigenvalue weighted by atomic mass is 19.1. The number of phenols is 1. The van der Waals surface area contributed by atoms with Crippen LogP contribution in [0.3, 0.4) is 0 Å². The summed E-state index contributed by atoms with van der Waals surface area (Å²) in [5.74, 6) is -0.830. The number of phenolic OH excluding ortho intramolecular Hbond substituents is 1. The molecule has 0 saturated heterocycles. The van der Waals surface area contributed by atoms with E-state index in [1.807, 2.05) is 0 Å². The molecular weight excluding hydrogens is 385 g/mol. The fourth-order valence-electron chi connectivity index (χ4n) is 2.49. The normalized spacial score (nSPS) is 11.0. The highest BCUT2D eigenvalue weighted by Crippen LogP contribution is 2.27. The molecule has 0 saturated carbocycles. The number of rotatable bonds is 4. The minimum Gasteiger partial charge on any atom is -0.506 e. The first-order chi connectivity index (χ1) is 13.8. The van der Waals surface area contributed by atoms with Crippen molar-refractivity contribution in [1.82, 2.24) is 9.78 Å². The van der Waals surface area contributed by atoms with E-state index in [4.69, 9.17) is 0 Å². The Kier molecular flexibility index (Phi) is 5.21. The van der Waals surface area contributed by atoms with Gasteiger partial charge in [-0.1, -0.05) is 0 Å². The fourth-order valence-corrected chi connectivity index (χ4v) is 2.49. The third-order valence-electron chi connectivity index (χ3n) is 3.95. The first kappa shape index (κ1) is 19.5. The van der Waals surface area contributed by atoms with Crippen molar-refractivity contribution in [2.45, 2.75) is 6.92 Å². The molecule has 0 atom stereocenters. The van der Waals surface area contributed by atoms with Crippen molar-refractivity contribution in [3.8, 4) is 11.4 Å². The number of hydrogen-bond donors (Lipinski definition) is 3. The number of halogens is 1. The van der Waals surface area contributed by atoms with E-state index in [9.17, 15) is 29.2 Å². The Morgan fingerprint density at radius 1 is 1.31 bits per heavy atom. The van der Waals surface area contributed by atoms with Crippen LogP contribution in [0.4, 0.5) is 20.6 Å². The van der Waals surface area contributed by atoms with Crippen LogP contribution in [-0.4, -0.2) is 32.1 Å². The van der Waals surface area contributed by atoms with E-state index in [0.29, 0.717) is 11.4 Å². The summed E-state index contributed by atoms with van der Waals surface area (Å²) in [5, 5.41) is 25.5. The molecule has 0 aliphatic heterocycles.